The van der Waals surface area contributed by atoms with Crippen LogP contribution in [-0.4, -0.2) is 65.5 Å². The number of hydrogen-bond donors (Lipinski definition) is 2. The van der Waals surface area contributed by atoms with Crippen LogP contribution in [0.3, 0.4) is 0 Å². The molecule has 34 heavy (non-hydrogen) atoms. The number of hydrogen-bond acceptors (Lipinski definition) is 6. The molecule has 4 rings (SSSR count). The summed E-state index contributed by atoms with van der Waals surface area (Å²) in [6, 6.07) is 7.55. The van der Waals surface area contributed by atoms with E-state index in [1.54, 1.807) is 24.7 Å². The van der Waals surface area contributed by atoms with Gasteiger partial charge in [-0.25, -0.2) is 14.8 Å². The number of alkyl halides is 3. The summed E-state index contributed by atoms with van der Waals surface area (Å²) < 4.78 is 35.6. The van der Waals surface area contributed by atoms with Gasteiger partial charge in [-0.3, -0.25) is 9.48 Å². The van der Waals surface area contributed by atoms with E-state index in [0.717, 1.165) is 25.2 Å². The van der Waals surface area contributed by atoms with Crippen LogP contribution in [0.25, 0.3) is 0 Å². The van der Waals surface area contributed by atoms with Crippen LogP contribution < -0.4 is 5.32 Å². The number of aliphatic carboxylic acids is 1. The topological polar surface area (TPSA) is 118 Å². The van der Waals surface area contributed by atoms with Crippen molar-refractivity contribution in [1.82, 2.24) is 29.2 Å². The molecule has 3 aromatic heterocycles. The molecule has 0 aliphatic carbocycles. The predicted molar refractivity (Wildman–Crippen MR) is 115 cm³/mol. The number of nitrogens with zero attached hydrogens (tertiary/aromatic N) is 6. The summed E-state index contributed by atoms with van der Waals surface area (Å²) in [7, 11) is 1.90. The summed E-state index contributed by atoms with van der Waals surface area (Å²) in [6.07, 6.45) is 2.96. The molecule has 1 unspecified atom stereocenters. The molecule has 0 aromatic carbocycles. The van der Waals surface area contributed by atoms with Gasteiger partial charge >= 0.3 is 12.1 Å². The highest BCUT2D eigenvalue weighted by atomic mass is 19.4. The van der Waals surface area contributed by atoms with Crippen LogP contribution in [0.5, 0.6) is 0 Å². The molecule has 4 heterocycles. The molecule has 1 amide bonds. The Morgan fingerprint density at radius 3 is 2.47 bits per heavy atom. The van der Waals surface area contributed by atoms with Crippen LogP contribution in [0.15, 0.2) is 49.1 Å². The first-order valence-corrected chi connectivity index (χ1v) is 10.4. The highest BCUT2D eigenvalue weighted by Gasteiger charge is 2.38. The Balaban J connectivity index is 0.000000406. The number of carboxylic acid groups (broad SMARTS) is 1. The molecule has 0 radical (unpaired) electrons. The van der Waals surface area contributed by atoms with Crippen LogP contribution in [0, 0.1) is 5.92 Å². The Hall–Kier alpha value is -3.90. The van der Waals surface area contributed by atoms with Gasteiger partial charge in [-0.1, -0.05) is 0 Å². The Morgan fingerprint density at radius 2 is 1.85 bits per heavy atom. The van der Waals surface area contributed by atoms with Gasteiger partial charge in [0.2, 0.25) is 5.95 Å². The Bertz CT molecular complexity index is 1100. The maximum Gasteiger partial charge on any atom is 0.490 e. The third kappa shape index (κ3) is 6.56. The van der Waals surface area contributed by atoms with E-state index in [1.807, 2.05) is 45.6 Å². The summed E-state index contributed by atoms with van der Waals surface area (Å²) in [5.41, 5.74) is 1.77. The zero-order valence-corrected chi connectivity index (χ0v) is 18.3. The number of carbonyl (C=O) groups excluding carboxylic acids is 1. The van der Waals surface area contributed by atoms with Gasteiger partial charge in [0.25, 0.3) is 5.91 Å². The zero-order chi connectivity index (χ0) is 24.7. The molecule has 2 N–H and O–H groups in total. The van der Waals surface area contributed by atoms with Gasteiger partial charge in [0.05, 0.1) is 12.2 Å². The lowest BCUT2D eigenvalue weighted by Crippen LogP contribution is -2.35. The van der Waals surface area contributed by atoms with Crippen LogP contribution in [0.1, 0.15) is 22.6 Å². The van der Waals surface area contributed by atoms with Crippen molar-refractivity contribution in [3.8, 4) is 0 Å². The van der Waals surface area contributed by atoms with E-state index < -0.39 is 12.1 Å². The molecule has 10 nitrogen and oxygen atoms in total. The number of halogens is 3. The van der Waals surface area contributed by atoms with Crippen molar-refractivity contribution in [1.29, 1.82) is 0 Å². The second kappa shape index (κ2) is 10.8. The zero-order valence-electron chi connectivity index (χ0n) is 18.3. The molecule has 3 aromatic rings. The summed E-state index contributed by atoms with van der Waals surface area (Å²) >= 11 is 0. The first-order chi connectivity index (χ1) is 16.1. The van der Waals surface area contributed by atoms with Crippen molar-refractivity contribution >= 4 is 17.8 Å². The third-order valence-electron chi connectivity index (χ3n) is 5.16. The minimum atomic E-state index is -5.08. The Morgan fingerprint density at radius 1 is 1.15 bits per heavy atom. The Kier molecular flexibility index (Phi) is 7.87. The largest absolute Gasteiger partial charge is 0.490 e. The first kappa shape index (κ1) is 24.7. The standard InChI is InChI=1S/C19H23N7O.C2HF3O2/c1-24-11-2-4-17(24)18(27)25-12-15(13-26-16(14-25)6-10-23-26)5-9-22-19-20-7-3-8-21-19;3-2(4,5)1(6)7/h2-4,6-8,10-11,15H,5,9,12-14H2,1H3,(H,20,21,22);(H,6,7). The number of aromatic nitrogens is 5. The maximum absolute atomic E-state index is 13.0. The number of anilines is 1. The summed E-state index contributed by atoms with van der Waals surface area (Å²) in [5, 5.41) is 14.8. The lowest BCUT2D eigenvalue weighted by atomic mass is 10.1. The second-order valence-electron chi connectivity index (χ2n) is 7.65. The number of amides is 1. The van der Waals surface area contributed by atoms with Crippen molar-refractivity contribution < 1.29 is 27.9 Å². The molecule has 1 atom stereocenters. The molecule has 13 heteroatoms. The van der Waals surface area contributed by atoms with Crippen molar-refractivity contribution in [2.75, 3.05) is 18.4 Å². The lowest BCUT2D eigenvalue weighted by molar-refractivity contribution is -0.192. The van der Waals surface area contributed by atoms with Gasteiger partial charge in [0, 0.05) is 51.5 Å². The SMILES string of the molecule is Cn1cccc1C(=O)N1Cc2ccnn2CC(CCNc2ncccn2)C1.O=C(O)C(F)(F)F. The molecular formula is C21H24F3N7O3. The molecule has 1 aliphatic heterocycles. The van der Waals surface area contributed by atoms with Crippen molar-refractivity contribution in [3.05, 3.63) is 60.4 Å². The quantitative estimate of drug-likeness (QED) is 0.577. The van der Waals surface area contributed by atoms with E-state index in [0.29, 0.717) is 30.6 Å². The van der Waals surface area contributed by atoms with Crippen LogP contribution in [-0.2, 0) is 24.9 Å². The maximum atomic E-state index is 13.0. The molecular weight excluding hydrogens is 455 g/mol. The molecule has 0 bridgehead atoms. The molecule has 1 aliphatic rings. The fraction of sp³-hybridized carbons (Fsp3) is 0.381. The minimum absolute atomic E-state index is 0.0569. The molecule has 0 fully saturated rings. The normalized spacial score (nSPS) is 15.5. The lowest BCUT2D eigenvalue weighted by Gasteiger charge is -2.24. The van der Waals surface area contributed by atoms with Gasteiger partial charge in [-0.15, -0.1) is 0 Å². The van der Waals surface area contributed by atoms with Crippen molar-refractivity contribution in [2.45, 2.75) is 25.7 Å². The highest BCUT2D eigenvalue weighted by Crippen LogP contribution is 2.20. The molecule has 0 saturated carbocycles. The third-order valence-corrected chi connectivity index (χ3v) is 5.16. The van der Waals surface area contributed by atoms with E-state index >= 15 is 0 Å². The van der Waals surface area contributed by atoms with Gasteiger partial charge in [0.1, 0.15) is 5.69 Å². The number of carbonyl (C=O) groups is 2. The number of aryl methyl sites for hydroxylation is 1. The van der Waals surface area contributed by atoms with Crippen molar-refractivity contribution in [2.24, 2.45) is 13.0 Å². The van der Waals surface area contributed by atoms with Crippen LogP contribution >= 0.6 is 0 Å². The monoisotopic (exact) mass is 479 g/mol. The van der Waals surface area contributed by atoms with Gasteiger partial charge < -0.3 is 19.9 Å². The molecule has 182 valence electrons. The highest BCUT2D eigenvalue weighted by molar-refractivity contribution is 5.92. The number of rotatable bonds is 5. The van der Waals surface area contributed by atoms with Crippen molar-refractivity contribution in [3.63, 3.8) is 0 Å². The fourth-order valence-corrected chi connectivity index (χ4v) is 3.49. The smallest absolute Gasteiger partial charge is 0.475 e. The van der Waals surface area contributed by atoms with E-state index in [1.165, 1.54) is 0 Å². The number of carboxylic acids is 1. The van der Waals surface area contributed by atoms with Gasteiger partial charge in [-0.05, 0) is 36.6 Å². The Labute approximate surface area is 193 Å². The van der Waals surface area contributed by atoms with Gasteiger partial charge in [0.15, 0.2) is 0 Å². The fourth-order valence-electron chi connectivity index (χ4n) is 3.49. The number of fused-ring (bicyclic) bond motifs is 1. The average molecular weight is 479 g/mol. The first-order valence-electron chi connectivity index (χ1n) is 10.4. The minimum Gasteiger partial charge on any atom is -0.475 e. The van der Waals surface area contributed by atoms with Gasteiger partial charge in [-0.2, -0.15) is 18.3 Å². The summed E-state index contributed by atoms with van der Waals surface area (Å²) in [4.78, 5) is 32.2. The van der Waals surface area contributed by atoms with Crippen LogP contribution in [0.2, 0.25) is 0 Å². The molecule has 0 saturated heterocycles. The van der Waals surface area contributed by atoms with Crippen LogP contribution in [0.4, 0.5) is 19.1 Å². The van der Waals surface area contributed by atoms with E-state index in [2.05, 4.69) is 20.4 Å². The summed E-state index contributed by atoms with van der Waals surface area (Å²) in [5.74, 6) is -1.77. The predicted octanol–water partition coefficient (Wildman–Crippen LogP) is 2.42. The van der Waals surface area contributed by atoms with E-state index in [-0.39, 0.29) is 5.91 Å². The average Bonchev–Trinajstić information content (AvgIpc) is 3.37. The second-order valence-corrected chi connectivity index (χ2v) is 7.65. The summed E-state index contributed by atoms with van der Waals surface area (Å²) in [6.45, 7) is 2.83. The van der Waals surface area contributed by atoms with E-state index in [4.69, 9.17) is 9.90 Å². The number of nitrogens with one attached hydrogen (secondary N) is 1. The molecule has 0 spiro atoms. The van der Waals surface area contributed by atoms with E-state index in [9.17, 15) is 18.0 Å².